The van der Waals surface area contributed by atoms with Crippen LogP contribution in [-0.2, 0) is 0 Å². The number of thioether (sulfide) groups is 1. The lowest BCUT2D eigenvalue weighted by molar-refractivity contribution is 0.472. The largest absolute Gasteiger partial charge is 0.313 e. The van der Waals surface area contributed by atoms with Gasteiger partial charge >= 0.3 is 0 Å². The molecule has 65 valence electrons. The van der Waals surface area contributed by atoms with Gasteiger partial charge in [-0.3, -0.25) is 0 Å². The molecule has 1 N–H and O–H groups in total. The summed E-state index contributed by atoms with van der Waals surface area (Å²) >= 11 is 1.93. The van der Waals surface area contributed by atoms with Crippen molar-refractivity contribution in [1.29, 1.82) is 0 Å². The maximum absolute atomic E-state index is 4.41. The van der Waals surface area contributed by atoms with Crippen LogP contribution in [0.1, 0.15) is 6.92 Å². The molecule has 0 spiro atoms. The quantitative estimate of drug-likeness (QED) is 0.672. The van der Waals surface area contributed by atoms with Crippen molar-refractivity contribution in [3.63, 3.8) is 0 Å². The summed E-state index contributed by atoms with van der Waals surface area (Å²) in [5.74, 6) is 2.03. The van der Waals surface area contributed by atoms with Crippen LogP contribution >= 0.6 is 11.8 Å². The molecule has 0 saturated carbocycles. The van der Waals surface area contributed by atoms with Crippen molar-refractivity contribution in [2.75, 3.05) is 31.6 Å². The minimum atomic E-state index is 0.660. The van der Waals surface area contributed by atoms with E-state index in [1.807, 2.05) is 11.8 Å². The molecule has 0 aromatic rings. The number of likely N-dealkylation sites (N-methyl/N-ethyl adjacent to an activating group) is 1. The van der Waals surface area contributed by atoms with E-state index in [1.165, 1.54) is 5.75 Å². The first-order valence-electron chi connectivity index (χ1n) is 4.24. The fraction of sp³-hybridized carbons (Fsp3) is 1.00. The van der Waals surface area contributed by atoms with Crippen LogP contribution in [0.4, 0.5) is 0 Å². The molecule has 0 aromatic carbocycles. The second-order valence-electron chi connectivity index (χ2n) is 2.97. The molecular weight excluding hydrogens is 156 g/mol. The van der Waals surface area contributed by atoms with E-state index in [0.29, 0.717) is 6.04 Å². The van der Waals surface area contributed by atoms with Gasteiger partial charge in [0.25, 0.3) is 0 Å². The van der Waals surface area contributed by atoms with Crippen LogP contribution in [0.3, 0.4) is 0 Å². The van der Waals surface area contributed by atoms with Gasteiger partial charge in [0.2, 0.25) is 0 Å². The molecule has 1 rings (SSSR count). The van der Waals surface area contributed by atoms with Crippen LogP contribution in [0, 0.1) is 5.92 Å². The highest BCUT2D eigenvalue weighted by Gasteiger charge is 2.26. The van der Waals surface area contributed by atoms with Crippen molar-refractivity contribution in [1.82, 2.24) is 10.6 Å². The van der Waals surface area contributed by atoms with Crippen molar-refractivity contribution in [2.24, 2.45) is 5.92 Å². The number of rotatable bonds is 4. The maximum atomic E-state index is 4.41. The number of nitrogens with zero attached hydrogens (tertiary/aromatic N) is 1. The van der Waals surface area contributed by atoms with Gasteiger partial charge in [-0.2, -0.15) is 11.8 Å². The van der Waals surface area contributed by atoms with Gasteiger partial charge in [-0.15, -0.1) is 0 Å². The molecule has 1 heterocycles. The Morgan fingerprint density at radius 1 is 1.55 bits per heavy atom. The molecule has 1 radical (unpaired) electrons. The summed E-state index contributed by atoms with van der Waals surface area (Å²) in [4.78, 5) is 0. The molecule has 1 fully saturated rings. The van der Waals surface area contributed by atoms with Crippen molar-refractivity contribution in [3.05, 3.63) is 0 Å². The van der Waals surface area contributed by atoms with E-state index >= 15 is 0 Å². The normalized spacial score (nSPS) is 31.1. The number of nitrogens with one attached hydrogen (secondary N) is 1. The third-order valence-corrected chi connectivity index (χ3v) is 2.87. The van der Waals surface area contributed by atoms with Gasteiger partial charge in [0.05, 0.1) is 0 Å². The zero-order valence-corrected chi connectivity index (χ0v) is 8.16. The summed E-state index contributed by atoms with van der Waals surface area (Å²) in [5, 5.41) is 7.88. The zero-order valence-electron chi connectivity index (χ0n) is 7.34. The van der Waals surface area contributed by atoms with Crippen LogP contribution in [0.15, 0.2) is 0 Å². The Balaban J connectivity index is 2.25. The SMILES string of the molecule is CCNC1C[N]CC1CSC. The predicted molar refractivity (Wildman–Crippen MR) is 51.2 cm³/mol. The Morgan fingerprint density at radius 2 is 2.36 bits per heavy atom. The molecule has 11 heavy (non-hydrogen) atoms. The summed E-state index contributed by atoms with van der Waals surface area (Å²) < 4.78 is 0. The predicted octanol–water partition coefficient (Wildman–Crippen LogP) is 0.562. The van der Waals surface area contributed by atoms with Gasteiger partial charge in [-0.25, -0.2) is 5.32 Å². The Hall–Kier alpha value is 0.270. The first-order valence-corrected chi connectivity index (χ1v) is 5.63. The third-order valence-electron chi connectivity index (χ3n) is 2.11. The van der Waals surface area contributed by atoms with E-state index in [0.717, 1.165) is 25.6 Å². The van der Waals surface area contributed by atoms with E-state index in [9.17, 15) is 0 Å². The lowest BCUT2D eigenvalue weighted by Gasteiger charge is -2.17. The van der Waals surface area contributed by atoms with E-state index in [2.05, 4.69) is 23.8 Å². The topological polar surface area (TPSA) is 26.1 Å². The van der Waals surface area contributed by atoms with Gasteiger partial charge < -0.3 is 5.32 Å². The molecule has 1 aliphatic rings. The molecule has 3 heteroatoms. The smallest absolute Gasteiger partial charge is 0.0291 e. The van der Waals surface area contributed by atoms with Gasteiger partial charge in [0.1, 0.15) is 0 Å². The van der Waals surface area contributed by atoms with Crippen LogP contribution < -0.4 is 10.6 Å². The van der Waals surface area contributed by atoms with Crippen molar-refractivity contribution in [2.45, 2.75) is 13.0 Å². The molecular formula is C8H17N2S. The Labute approximate surface area is 73.5 Å². The van der Waals surface area contributed by atoms with E-state index in [-0.39, 0.29) is 0 Å². The minimum absolute atomic E-state index is 0.660. The van der Waals surface area contributed by atoms with Gasteiger partial charge in [-0.05, 0) is 24.5 Å². The van der Waals surface area contributed by atoms with Crippen LogP contribution in [-0.4, -0.2) is 37.7 Å². The monoisotopic (exact) mass is 173 g/mol. The Morgan fingerprint density at radius 3 is 3.00 bits per heavy atom. The molecule has 0 amide bonds. The van der Waals surface area contributed by atoms with Crippen molar-refractivity contribution in [3.8, 4) is 0 Å². The zero-order chi connectivity index (χ0) is 8.10. The minimum Gasteiger partial charge on any atom is -0.313 e. The highest BCUT2D eigenvalue weighted by Crippen LogP contribution is 2.14. The van der Waals surface area contributed by atoms with Gasteiger partial charge in [-0.1, -0.05) is 6.92 Å². The number of hydrogen-bond acceptors (Lipinski definition) is 2. The second kappa shape index (κ2) is 5.01. The highest BCUT2D eigenvalue weighted by atomic mass is 32.2. The van der Waals surface area contributed by atoms with Crippen molar-refractivity contribution >= 4 is 11.8 Å². The first kappa shape index (κ1) is 9.36. The Kier molecular flexibility index (Phi) is 4.26. The summed E-state index contributed by atoms with van der Waals surface area (Å²) in [6, 6.07) is 0.660. The second-order valence-corrected chi connectivity index (χ2v) is 3.88. The highest BCUT2D eigenvalue weighted by molar-refractivity contribution is 7.98. The summed E-state index contributed by atoms with van der Waals surface area (Å²) in [7, 11) is 0. The van der Waals surface area contributed by atoms with Crippen LogP contribution in [0.25, 0.3) is 0 Å². The standard InChI is InChI=1S/C8H17N2S/c1-3-10-8-5-9-4-7(8)6-11-2/h7-8,10H,3-6H2,1-2H3. The average Bonchev–Trinajstić information content (AvgIpc) is 2.39. The fourth-order valence-electron chi connectivity index (χ4n) is 1.53. The summed E-state index contributed by atoms with van der Waals surface area (Å²) in [5.41, 5.74) is 0. The van der Waals surface area contributed by atoms with Crippen LogP contribution in [0.5, 0.6) is 0 Å². The molecule has 2 unspecified atom stereocenters. The third kappa shape index (κ3) is 2.65. The average molecular weight is 173 g/mol. The fourth-order valence-corrected chi connectivity index (χ4v) is 2.30. The van der Waals surface area contributed by atoms with Gasteiger partial charge in [0.15, 0.2) is 0 Å². The molecule has 0 aliphatic carbocycles. The summed E-state index contributed by atoms with van der Waals surface area (Å²) in [6.45, 7) is 5.33. The molecule has 1 aliphatic heterocycles. The maximum Gasteiger partial charge on any atom is 0.0291 e. The Bertz CT molecular complexity index is 96.3. The van der Waals surface area contributed by atoms with Crippen molar-refractivity contribution < 1.29 is 0 Å². The molecule has 0 aromatic heterocycles. The molecule has 2 atom stereocenters. The lowest BCUT2D eigenvalue weighted by Crippen LogP contribution is -2.36. The number of hydrogen-bond donors (Lipinski definition) is 1. The van der Waals surface area contributed by atoms with E-state index < -0.39 is 0 Å². The molecule has 0 bridgehead atoms. The molecule has 1 saturated heterocycles. The van der Waals surface area contributed by atoms with E-state index in [4.69, 9.17) is 0 Å². The summed E-state index contributed by atoms with van der Waals surface area (Å²) in [6.07, 6.45) is 2.17. The van der Waals surface area contributed by atoms with Crippen LogP contribution in [0.2, 0.25) is 0 Å². The van der Waals surface area contributed by atoms with Gasteiger partial charge in [0, 0.05) is 19.1 Å². The lowest BCUT2D eigenvalue weighted by atomic mass is 10.1. The first-order chi connectivity index (χ1) is 5.38. The molecule has 2 nitrogen and oxygen atoms in total. The van der Waals surface area contributed by atoms with E-state index in [1.54, 1.807) is 0 Å².